The molecule has 0 fully saturated rings. The molecule has 0 aromatic heterocycles. The molecule has 8 nitrogen and oxygen atoms in total. The molecule has 166 valence electrons. The van der Waals surface area contributed by atoms with Crippen molar-refractivity contribution in [1.29, 1.82) is 0 Å². The predicted octanol–water partition coefficient (Wildman–Crippen LogP) is 2.77. The number of rotatable bonds is 6. The van der Waals surface area contributed by atoms with Gasteiger partial charge in [0.2, 0.25) is 0 Å². The van der Waals surface area contributed by atoms with Gasteiger partial charge in [0.25, 0.3) is 5.91 Å². The topological polar surface area (TPSA) is 103 Å². The SMILES string of the molecule is CNC[C@H]1Oc2c(NC(=O)Nc3ccccc3)cccc2C(=O)N([C@@H](C)CO)C[C@H]1C. The molecule has 1 aliphatic rings. The first-order valence-electron chi connectivity index (χ1n) is 10.4. The summed E-state index contributed by atoms with van der Waals surface area (Å²) in [6.07, 6.45) is -0.231. The van der Waals surface area contributed by atoms with Gasteiger partial charge in [-0.05, 0) is 38.2 Å². The Labute approximate surface area is 182 Å². The Morgan fingerprint density at radius 2 is 1.94 bits per heavy atom. The van der Waals surface area contributed by atoms with Crippen molar-refractivity contribution in [3.63, 3.8) is 0 Å². The van der Waals surface area contributed by atoms with Crippen molar-refractivity contribution in [3.8, 4) is 5.75 Å². The maximum atomic E-state index is 13.3. The summed E-state index contributed by atoms with van der Waals surface area (Å²) in [5.41, 5.74) is 1.41. The van der Waals surface area contributed by atoms with Gasteiger partial charge in [0.1, 0.15) is 6.10 Å². The summed E-state index contributed by atoms with van der Waals surface area (Å²) in [5.74, 6) is 0.0980. The second-order valence-corrected chi connectivity index (χ2v) is 7.81. The number of likely N-dealkylation sites (N-methyl/N-ethyl adjacent to an activating group) is 1. The molecule has 0 bridgehead atoms. The minimum Gasteiger partial charge on any atom is -0.486 e. The van der Waals surface area contributed by atoms with Crippen LogP contribution in [0.3, 0.4) is 0 Å². The smallest absolute Gasteiger partial charge is 0.323 e. The molecule has 0 saturated carbocycles. The molecule has 3 atom stereocenters. The first kappa shape index (κ1) is 22.6. The fraction of sp³-hybridized carbons (Fsp3) is 0.391. The summed E-state index contributed by atoms with van der Waals surface area (Å²) in [5, 5.41) is 18.4. The van der Waals surface area contributed by atoms with E-state index in [0.717, 1.165) is 0 Å². The van der Waals surface area contributed by atoms with Crippen LogP contribution in [0.2, 0.25) is 0 Å². The molecule has 3 amide bonds. The van der Waals surface area contributed by atoms with Crippen LogP contribution in [0, 0.1) is 5.92 Å². The van der Waals surface area contributed by atoms with Crippen LogP contribution in [0.15, 0.2) is 48.5 Å². The third kappa shape index (κ3) is 5.34. The van der Waals surface area contributed by atoms with E-state index in [-0.39, 0.29) is 30.6 Å². The van der Waals surface area contributed by atoms with Crippen LogP contribution in [0.4, 0.5) is 16.2 Å². The van der Waals surface area contributed by atoms with Crippen molar-refractivity contribution in [2.45, 2.75) is 26.0 Å². The molecule has 0 unspecified atom stereocenters. The van der Waals surface area contributed by atoms with Crippen molar-refractivity contribution in [1.82, 2.24) is 10.2 Å². The Kier molecular flexibility index (Phi) is 7.49. The van der Waals surface area contributed by atoms with Gasteiger partial charge in [0.15, 0.2) is 5.75 Å². The van der Waals surface area contributed by atoms with E-state index in [9.17, 15) is 14.7 Å². The summed E-state index contributed by atoms with van der Waals surface area (Å²) in [6, 6.07) is 13.4. The normalized spacial score (nSPS) is 19.5. The standard InChI is InChI=1S/C23H30N4O4/c1-15-13-27(16(2)14-28)22(29)18-10-7-11-19(21(18)31-20(15)12-24-3)26-23(30)25-17-8-5-4-6-9-17/h4-11,15-16,20,24,28H,12-14H2,1-3H3,(H2,25,26,30)/t15-,16+,20-/m1/s1. The number of amides is 3. The molecular weight excluding hydrogens is 396 g/mol. The van der Waals surface area contributed by atoms with Gasteiger partial charge in [0, 0.05) is 24.7 Å². The third-order valence-electron chi connectivity index (χ3n) is 5.38. The largest absolute Gasteiger partial charge is 0.486 e. The van der Waals surface area contributed by atoms with E-state index < -0.39 is 6.03 Å². The van der Waals surface area contributed by atoms with E-state index in [0.29, 0.717) is 35.8 Å². The molecule has 2 aromatic rings. The second-order valence-electron chi connectivity index (χ2n) is 7.81. The molecule has 2 aromatic carbocycles. The van der Waals surface area contributed by atoms with Crippen LogP contribution in [0.25, 0.3) is 0 Å². The lowest BCUT2D eigenvalue weighted by Crippen LogP contribution is -2.49. The lowest BCUT2D eigenvalue weighted by Gasteiger charge is -2.37. The summed E-state index contributed by atoms with van der Waals surface area (Å²) < 4.78 is 6.29. The van der Waals surface area contributed by atoms with Crippen LogP contribution in [-0.2, 0) is 0 Å². The predicted molar refractivity (Wildman–Crippen MR) is 121 cm³/mol. The van der Waals surface area contributed by atoms with E-state index in [4.69, 9.17) is 4.74 Å². The number of hydrogen-bond acceptors (Lipinski definition) is 5. The summed E-state index contributed by atoms with van der Waals surface area (Å²) >= 11 is 0. The van der Waals surface area contributed by atoms with Crippen LogP contribution in [-0.4, -0.2) is 60.8 Å². The molecular formula is C23H30N4O4. The number of benzene rings is 2. The first-order valence-corrected chi connectivity index (χ1v) is 10.4. The molecule has 3 rings (SSSR count). The van der Waals surface area contributed by atoms with Gasteiger partial charge >= 0.3 is 6.03 Å². The van der Waals surface area contributed by atoms with Gasteiger partial charge in [0.05, 0.1) is 23.9 Å². The lowest BCUT2D eigenvalue weighted by atomic mass is 9.99. The van der Waals surface area contributed by atoms with Crippen molar-refractivity contribution >= 4 is 23.3 Å². The number of fused-ring (bicyclic) bond motifs is 1. The van der Waals surface area contributed by atoms with Crippen molar-refractivity contribution < 1.29 is 19.4 Å². The molecule has 0 radical (unpaired) electrons. The zero-order valence-corrected chi connectivity index (χ0v) is 18.1. The van der Waals surface area contributed by atoms with E-state index in [1.165, 1.54) is 0 Å². The fourth-order valence-corrected chi connectivity index (χ4v) is 3.59. The van der Waals surface area contributed by atoms with Gasteiger partial charge in [-0.15, -0.1) is 0 Å². The average Bonchev–Trinajstić information content (AvgIpc) is 2.76. The number of aliphatic hydroxyl groups excluding tert-OH is 1. The Morgan fingerprint density at radius 3 is 2.61 bits per heavy atom. The molecule has 4 N–H and O–H groups in total. The minimum atomic E-state index is -0.434. The fourth-order valence-electron chi connectivity index (χ4n) is 3.59. The van der Waals surface area contributed by atoms with Crippen LogP contribution in [0.1, 0.15) is 24.2 Å². The van der Waals surface area contributed by atoms with Gasteiger partial charge in [-0.25, -0.2) is 4.79 Å². The highest BCUT2D eigenvalue weighted by Gasteiger charge is 2.33. The minimum absolute atomic E-state index is 0.00440. The Hall–Kier alpha value is -3.10. The zero-order valence-electron chi connectivity index (χ0n) is 18.1. The molecule has 0 spiro atoms. The molecule has 0 aliphatic carbocycles. The number of carbonyl (C=O) groups excluding carboxylic acids is 2. The number of aliphatic hydroxyl groups is 1. The third-order valence-corrected chi connectivity index (χ3v) is 5.38. The number of hydrogen-bond donors (Lipinski definition) is 4. The Balaban J connectivity index is 1.95. The van der Waals surface area contributed by atoms with Gasteiger partial charge in [-0.3, -0.25) is 4.79 Å². The number of nitrogens with one attached hydrogen (secondary N) is 3. The number of carbonyl (C=O) groups is 2. The van der Waals surface area contributed by atoms with Crippen molar-refractivity contribution in [2.24, 2.45) is 5.92 Å². The average molecular weight is 427 g/mol. The van der Waals surface area contributed by atoms with Crippen molar-refractivity contribution in [2.75, 3.05) is 37.4 Å². The van der Waals surface area contributed by atoms with Crippen LogP contribution < -0.4 is 20.7 Å². The van der Waals surface area contributed by atoms with E-state index in [2.05, 4.69) is 16.0 Å². The highest BCUT2D eigenvalue weighted by molar-refractivity contribution is 6.04. The van der Waals surface area contributed by atoms with E-state index >= 15 is 0 Å². The monoisotopic (exact) mass is 426 g/mol. The summed E-state index contributed by atoms with van der Waals surface area (Å²) in [6.45, 7) is 4.72. The second kappa shape index (κ2) is 10.3. The molecule has 1 aliphatic heterocycles. The first-order chi connectivity index (χ1) is 14.9. The molecule has 1 heterocycles. The van der Waals surface area contributed by atoms with Gasteiger partial charge in [-0.1, -0.05) is 31.2 Å². The molecule has 0 saturated heterocycles. The number of para-hydroxylation sites is 2. The summed E-state index contributed by atoms with van der Waals surface area (Å²) in [7, 11) is 1.84. The van der Waals surface area contributed by atoms with Gasteiger partial charge in [-0.2, -0.15) is 0 Å². The Bertz CT molecular complexity index is 906. The Morgan fingerprint density at radius 1 is 1.19 bits per heavy atom. The maximum Gasteiger partial charge on any atom is 0.323 e. The molecule has 8 heteroatoms. The maximum absolute atomic E-state index is 13.3. The quantitative estimate of drug-likeness (QED) is 0.569. The van der Waals surface area contributed by atoms with Crippen LogP contribution >= 0.6 is 0 Å². The number of ether oxygens (including phenoxy) is 1. The zero-order chi connectivity index (χ0) is 22.4. The van der Waals surface area contributed by atoms with E-state index in [1.54, 1.807) is 35.2 Å². The highest BCUT2D eigenvalue weighted by Crippen LogP contribution is 2.34. The lowest BCUT2D eigenvalue weighted by molar-refractivity contribution is 0.0417. The van der Waals surface area contributed by atoms with Crippen LogP contribution in [0.5, 0.6) is 5.75 Å². The summed E-state index contributed by atoms with van der Waals surface area (Å²) in [4.78, 5) is 27.6. The molecule has 31 heavy (non-hydrogen) atoms. The number of anilines is 2. The van der Waals surface area contributed by atoms with Gasteiger partial charge < -0.3 is 30.7 Å². The number of nitrogens with zero attached hydrogens (tertiary/aromatic N) is 1. The van der Waals surface area contributed by atoms with E-state index in [1.807, 2.05) is 39.1 Å². The highest BCUT2D eigenvalue weighted by atomic mass is 16.5. The number of urea groups is 1. The van der Waals surface area contributed by atoms with Crippen molar-refractivity contribution in [3.05, 3.63) is 54.1 Å².